The Kier molecular flexibility index (Phi) is 6.24. The van der Waals surface area contributed by atoms with Crippen LogP contribution in [-0.2, 0) is 0 Å². The first-order valence-electron chi connectivity index (χ1n) is 7.16. The van der Waals surface area contributed by atoms with Gasteiger partial charge in [-0.15, -0.1) is 0 Å². The van der Waals surface area contributed by atoms with Gasteiger partial charge in [-0.1, -0.05) is 15.9 Å². The number of halogens is 1. The summed E-state index contributed by atoms with van der Waals surface area (Å²) in [5, 5.41) is 0. The number of nitrogens with one attached hydrogen (secondary N) is 2. The number of carbonyl (C=O) groups is 2. The van der Waals surface area contributed by atoms with Crippen LogP contribution >= 0.6 is 15.9 Å². The second-order valence-electron chi connectivity index (χ2n) is 4.82. The Morgan fingerprint density at radius 2 is 1.40 bits per heavy atom. The summed E-state index contributed by atoms with van der Waals surface area (Å²) in [6.07, 6.45) is 0. The van der Waals surface area contributed by atoms with Gasteiger partial charge in [0.1, 0.15) is 5.75 Å². The van der Waals surface area contributed by atoms with E-state index in [1.54, 1.807) is 30.3 Å². The van der Waals surface area contributed by atoms with Crippen molar-refractivity contribution in [2.75, 3.05) is 21.3 Å². The van der Waals surface area contributed by atoms with E-state index in [9.17, 15) is 9.59 Å². The second kappa shape index (κ2) is 8.39. The predicted octanol–water partition coefficient (Wildman–Crippen LogP) is 2.55. The van der Waals surface area contributed by atoms with Gasteiger partial charge in [-0.25, -0.2) is 0 Å². The Hall–Kier alpha value is -2.74. The van der Waals surface area contributed by atoms with Crippen molar-refractivity contribution in [3.63, 3.8) is 0 Å². The highest BCUT2D eigenvalue weighted by Crippen LogP contribution is 2.27. The van der Waals surface area contributed by atoms with Crippen LogP contribution < -0.4 is 25.1 Å². The summed E-state index contributed by atoms with van der Waals surface area (Å²) in [6.45, 7) is 0. The van der Waals surface area contributed by atoms with Gasteiger partial charge in [-0.05, 0) is 36.4 Å². The van der Waals surface area contributed by atoms with Crippen LogP contribution in [0.5, 0.6) is 17.2 Å². The van der Waals surface area contributed by atoms with Gasteiger partial charge in [0.05, 0.1) is 26.9 Å². The quantitative estimate of drug-likeness (QED) is 0.742. The van der Waals surface area contributed by atoms with Gasteiger partial charge in [0.2, 0.25) is 0 Å². The van der Waals surface area contributed by atoms with E-state index in [-0.39, 0.29) is 5.56 Å². The minimum absolute atomic E-state index is 0.282. The van der Waals surface area contributed by atoms with Gasteiger partial charge in [0.15, 0.2) is 11.5 Å². The Balaban J connectivity index is 2.09. The first-order valence-corrected chi connectivity index (χ1v) is 7.95. The number of carbonyl (C=O) groups excluding carboxylic acids is 2. The molecule has 132 valence electrons. The molecule has 2 aromatic carbocycles. The molecule has 0 saturated heterocycles. The SMILES string of the molecule is COc1ccc(C(=O)NNC(=O)c2cc(Br)ccc2OC)cc1OC. The normalized spacial score (nSPS) is 9.92. The minimum atomic E-state index is -0.507. The number of hydrogen-bond acceptors (Lipinski definition) is 5. The molecule has 2 rings (SSSR count). The highest BCUT2D eigenvalue weighted by molar-refractivity contribution is 9.10. The molecule has 2 amide bonds. The van der Waals surface area contributed by atoms with Crippen LogP contribution in [-0.4, -0.2) is 33.1 Å². The van der Waals surface area contributed by atoms with Crippen molar-refractivity contribution in [1.29, 1.82) is 0 Å². The number of benzene rings is 2. The Morgan fingerprint density at radius 3 is 2.04 bits per heavy atom. The minimum Gasteiger partial charge on any atom is -0.496 e. The Labute approximate surface area is 153 Å². The molecule has 0 aromatic heterocycles. The van der Waals surface area contributed by atoms with Crippen molar-refractivity contribution >= 4 is 27.7 Å². The lowest BCUT2D eigenvalue weighted by atomic mass is 10.2. The van der Waals surface area contributed by atoms with E-state index in [0.29, 0.717) is 27.3 Å². The van der Waals surface area contributed by atoms with Crippen molar-refractivity contribution in [2.24, 2.45) is 0 Å². The summed E-state index contributed by atoms with van der Waals surface area (Å²) >= 11 is 3.29. The first kappa shape index (κ1) is 18.6. The average molecular weight is 409 g/mol. The van der Waals surface area contributed by atoms with Gasteiger partial charge >= 0.3 is 0 Å². The maximum atomic E-state index is 12.3. The van der Waals surface area contributed by atoms with Crippen LogP contribution in [0.3, 0.4) is 0 Å². The van der Waals surface area contributed by atoms with Gasteiger partial charge in [-0.3, -0.25) is 20.4 Å². The van der Waals surface area contributed by atoms with Crippen LogP contribution in [0.25, 0.3) is 0 Å². The van der Waals surface area contributed by atoms with E-state index in [2.05, 4.69) is 26.8 Å². The molecule has 0 unspecified atom stereocenters. The van der Waals surface area contributed by atoms with E-state index >= 15 is 0 Å². The van der Waals surface area contributed by atoms with E-state index < -0.39 is 11.8 Å². The molecule has 0 fully saturated rings. The fourth-order valence-electron chi connectivity index (χ4n) is 2.09. The molecule has 0 bridgehead atoms. The summed E-state index contributed by atoms with van der Waals surface area (Å²) in [5.41, 5.74) is 5.29. The van der Waals surface area contributed by atoms with Gasteiger partial charge < -0.3 is 14.2 Å². The zero-order chi connectivity index (χ0) is 18.4. The number of hydrogen-bond donors (Lipinski definition) is 2. The van der Waals surface area contributed by atoms with Gasteiger partial charge in [0.25, 0.3) is 11.8 Å². The van der Waals surface area contributed by atoms with Crippen LogP contribution in [0.15, 0.2) is 40.9 Å². The van der Waals surface area contributed by atoms with E-state index in [1.165, 1.54) is 27.4 Å². The zero-order valence-electron chi connectivity index (χ0n) is 13.9. The van der Waals surface area contributed by atoms with Crippen molar-refractivity contribution in [3.8, 4) is 17.2 Å². The Bertz CT molecular complexity index is 795. The molecule has 8 heteroatoms. The molecule has 0 saturated carbocycles. The molecule has 0 aliphatic heterocycles. The van der Waals surface area contributed by atoms with Crippen molar-refractivity contribution in [3.05, 3.63) is 52.0 Å². The van der Waals surface area contributed by atoms with E-state index in [1.807, 2.05) is 0 Å². The van der Waals surface area contributed by atoms with Crippen molar-refractivity contribution < 1.29 is 23.8 Å². The molecule has 0 atom stereocenters. The molecule has 2 N–H and O–H groups in total. The van der Waals surface area contributed by atoms with Crippen LogP contribution in [0.1, 0.15) is 20.7 Å². The van der Waals surface area contributed by atoms with Crippen LogP contribution in [0.4, 0.5) is 0 Å². The lowest BCUT2D eigenvalue weighted by Crippen LogP contribution is -2.41. The highest BCUT2D eigenvalue weighted by Gasteiger charge is 2.15. The summed E-state index contributed by atoms with van der Waals surface area (Å²) in [7, 11) is 4.44. The van der Waals surface area contributed by atoms with Crippen molar-refractivity contribution in [2.45, 2.75) is 0 Å². The number of amides is 2. The average Bonchev–Trinajstić information content (AvgIpc) is 2.65. The lowest BCUT2D eigenvalue weighted by molar-refractivity contribution is 0.0844. The fraction of sp³-hybridized carbons (Fsp3) is 0.176. The van der Waals surface area contributed by atoms with Crippen molar-refractivity contribution in [1.82, 2.24) is 10.9 Å². The number of hydrazine groups is 1. The maximum Gasteiger partial charge on any atom is 0.273 e. The molecule has 0 heterocycles. The van der Waals surface area contributed by atoms with Crippen LogP contribution in [0.2, 0.25) is 0 Å². The number of methoxy groups -OCH3 is 3. The first-order chi connectivity index (χ1) is 12.0. The monoisotopic (exact) mass is 408 g/mol. The third-order valence-corrected chi connectivity index (χ3v) is 3.83. The second-order valence-corrected chi connectivity index (χ2v) is 5.74. The molecular weight excluding hydrogens is 392 g/mol. The topological polar surface area (TPSA) is 85.9 Å². The number of rotatable bonds is 5. The highest BCUT2D eigenvalue weighted by atomic mass is 79.9. The maximum absolute atomic E-state index is 12.3. The zero-order valence-corrected chi connectivity index (χ0v) is 15.5. The largest absolute Gasteiger partial charge is 0.496 e. The molecule has 7 nitrogen and oxygen atoms in total. The fourth-order valence-corrected chi connectivity index (χ4v) is 2.45. The summed E-state index contributed by atoms with van der Waals surface area (Å²) in [6, 6.07) is 9.67. The smallest absolute Gasteiger partial charge is 0.273 e. The molecule has 0 spiro atoms. The van der Waals surface area contributed by atoms with Crippen LogP contribution in [0, 0.1) is 0 Å². The molecule has 0 aliphatic carbocycles. The molecule has 2 aromatic rings. The summed E-state index contributed by atoms with van der Waals surface area (Å²) in [4.78, 5) is 24.5. The molecule has 0 radical (unpaired) electrons. The standard InChI is InChI=1S/C17H17BrN2O5/c1-23-13-7-5-11(18)9-12(13)17(22)20-19-16(21)10-4-6-14(24-2)15(8-10)25-3/h4-9H,1-3H3,(H,19,21)(H,20,22). The third-order valence-electron chi connectivity index (χ3n) is 3.34. The molecular formula is C17H17BrN2O5. The lowest BCUT2D eigenvalue weighted by Gasteiger charge is -2.12. The van der Waals surface area contributed by atoms with E-state index in [0.717, 1.165) is 0 Å². The molecule has 0 aliphatic rings. The summed E-state index contributed by atoms with van der Waals surface area (Å²) in [5.74, 6) is 0.299. The molecule has 25 heavy (non-hydrogen) atoms. The predicted molar refractivity (Wildman–Crippen MR) is 95.2 cm³/mol. The Morgan fingerprint density at radius 1 is 0.800 bits per heavy atom. The van der Waals surface area contributed by atoms with E-state index in [4.69, 9.17) is 14.2 Å². The summed E-state index contributed by atoms with van der Waals surface area (Å²) < 4.78 is 16.1. The van der Waals surface area contributed by atoms with Gasteiger partial charge in [0, 0.05) is 10.0 Å². The number of ether oxygens (including phenoxy) is 3. The van der Waals surface area contributed by atoms with Gasteiger partial charge in [-0.2, -0.15) is 0 Å². The third kappa shape index (κ3) is 4.42.